The van der Waals surface area contributed by atoms with E-state index in [0.717, 1.165) is 5.56 Å². The highest BCUT2D eigenvalue weighted by atomic mass is 32.1. The topological polar surface area (TPSA) is 145 Å². The van der Waals surface area contributed by atoms with E-state index in [4.69, 9.17) is 15.2 Å². The summed E-state index contributed by atoms with van der Waals surface area (Å²) in [5.41, 5.74) is 8.23. The first kappa shape index (κ1) is 25.8. The number of halogens is 1. The fourth-order valence-corrected chi connectivity index (χ4v) is 4.51. The number of aromatic nitrogens is 1. The molecule has 12 heteroatoms. The van der Waals surface area contributed by atoms with E-state index < -0.39 is 17.6 Å². The largest absolute Gasteiger partial charge is 0.454 e. The first-order valence-electron chi connectivity index (χ1n) is 11.7. The molecule has 3 aromatic carbocycles. The molecule has 0 spiro atoms. The number of amides is 3. The van der Waals surface area contributed by atoms with Gasteiger partial charge in [-0.1, -0.05) is 18.2 Å². The molecular formula is C27H22FN5O5S. The lowest BCUT2D eigenvalue weighted by molar-refractivity contribution is -0.115. The van der Waals surface area contributed by atoms with Crippen LogP contribution in [-0.2, 0) is 9.59 Å². The van der Waals surface area contributed by atoms with Crippen LogP contribution in [0.25, 0.3) is 22.4 Å². The Morgan fingerprint density at radius 2 is 1.69 bits per heavy atom. The lowest BCUT2D eigenvalue weighted by Gasteiger charge is -2.10. The minimum atomic E-state index is -0.524. The van der Waals surface area contributed by atoms with Crippen LogP contribution >= 0.6 is 11.3 Å². The smallest absolute Gasteiger partial charge is 0.251 e. The van der Waals surface area contributed by atoms with Crippen LogP contribution in [0.5, 0.6) is 11.5 Å². The number of hydrogen-bond donors (Lipinski definition) is 4. The lowest BCUT2D eigenvalue weighted by Crippen LogP contribution is -2.32. The molecule has 0 saturated carbocycles. The molecule has 3 amide bonds. The maximum absolute atomic E-state index is 14.5. The maximum Gasteiger partial charge on any atom is 0.251 e. The average Bonchev–Trinajstić information content (AvgIpc) is 3.61. The lowest BCUT2D eigenvalue weighted by atomic mass is 10.0. The number of nitrogens with one attached hydrogen (secondary N) is 3. The standard InChI is InChI=1S/C27H22FN5O5S/c28-20-7-3-17(9-19(20)16-4-8-22-23(10-16)38-14-37-22)26(36)30-12-25(35)31-18-5-1-15(2-6-18)21-13-39-27(32-21)33-24(34)11-29/h1-10,13H,11-12,14,29H2,(H,30,36)(H,31,35)(H,32,33,34). The number of nitrogens with zero attached hydrogens (tertiary/aromatic N) is 1. The number of fused-ring (bicyclic) bond motifs is 1. The first-order valence-corrected chi connectivity index (χ1v) is 12.6. The van der Waals surface area contributed by atoms with Gasteiger partial charge in [-0.15, -0.1) is 11.3 Å². The molecule has 1 aromatic heterocycles. The summed E-state index contributed by atoms with van der Waals surface area (Å²) in [6.45, 7) is -0.317. The molecule has 1 aliphatic rings. The summed E-state index contributed by atoms with van der Waals surface area (Å²) < 4.78 is 25.2. The zero-order chi connectivity index (χ0) is 27.4. The summed E-state index contributed by atoms with van der Waals surface area (Å²) in [4.78, 5) is 40.8. The summed E-state index contributed by atoms with van der Waals surface area (Å²) >= 11 is 1.28. The van der Waals surface area contributed by atoms with Crippen LogP contribution in [0.15, 0.2) is 66.0 Å². The molecule has 5 N–H and O–H groups in total. The minimum absolute atomic E-state index is 0.0963. The molecule has 0 radical (unpaired) electrons. The van der Waals surface area contributed by atoms with E-state index in [1.807, 2.05) is 0 Å². The number of anilines is 2. The number of nitrogens with two attached hydrogens (primary N) is 1. The molecule has 2 heterocycles. The van der Waals surface area contributed by atoms with Crippen LogP contribution in [-0.4, -0.2) is 42.6 Å². The van der Waals surface area contributed by atoms with E-state index in [2.05, 4.69) is 20.9 Å². The predicted molar refractivity (Wildman–Crippen MR) is 144 cm³/mol. The number of carbonyl (C=O) groups is 3. The molecule has 0 aliphatic carbocycles. The second-order valence-corrected chi connectivity index (χ2v) is 9.22. The van der Waals surface area contributed by atoms with Crippen LogP contribution in [0.1, 0.15) is 10.4 Å². The van der Waals surface area contributed by atoms with Crippen LogP contribution in [0.2, 0.25) is 0 Å². The van der Waals surface area contributed by atoms with Crippen molar-refractivity contribution >= 4 is 39.9 Å². The SMILES string of the molecule is NCC(=O)Nc1nc(-c2ccc(NC(=O)CNC(=O)c3ccc(F)c(-c4ccc5c(c4)OCO5)c3)cc2)cs1. The molecule has 0 saturated heterocycles. The summed E-state index contributed by atoms with van der Waals surface area (Å²) in [6, 6.07) is 15.9. The molecule has 5 rings (SSSR count). The van der Waals surface area contributed by atoms with Crippen LogP contribution < -0.4 is 31.2 Å². The molecular weight excluding hydrogens is 525 g/mol. The van der Waals surface area contributed by atoms with E-state index in [0.29, 0.717) is 33.6 Å². The summed E-state index contributed by atoms with van der Waals surface area (Å²) in [7, 11) is 0. The molecule has 4 aromatic rings. The van der Waals surface area contributed by atoms with Gasteiger partial charge in [-0.05, 0) is 48.0 Å². The van der Waals surface area contributed by atoms with Gasteiger partial charge < -0.3 is 31.2 Å². The van der Waals surface area contributed by atoms with Gasteiger partial charge in [0.25, 0.3) is 5.91 Å². The van der Waals surface area contributed by atoms with Crippen LogP contribution in [0.3, 0.4) is 0 Å². The van der Waals surface area contributed by atoms with Crippen molar-refractivity contribution in [1.29, 1.82) is 0 Å². The molecule has 1 aliphatic heterocycles. The molecule has 39 heavy (non-hydrogen) atoms. The number of thiazole rings is 1. The fourth-order valence-electron chi connectivity index (χ4n) is 3.78. The molecule has 198 valence electrons. The van der Waals surface area contributed by atoms with Crippen molar-refractivity contribution in [1.82, 2.24) is 10.3 Å². The zero-order valence-electron chi connectivity index (χ0n) is 20.3. The Morgan fingerprint density at radius 3 is 2.49 bits per heavy atom. The Kier molecular flexibility index (Phi) is 7.48. The third-order valence-electron chi connectivity index (χ3n) is 5.72. The fraction of sp³-hybridized carbons (Fsp3) is 0.111. The number of hydrogen-bond acceptors (Lipinski definition) is 8. The molecule has 0 atom stereocenters. The predicted octanol–water partition coefficient (Wildman–Crippen LogP) is 3.61. The Labute approximate surface area is 226 Å². The highest BCUT2D eigenvalue weighted by molar-refractivity contribution is 7.14. The highest BCUT2D eigenvalue weighted by Crippen LogP contribution is 2.36. The summed E-state index contributed by atoms with van der Waals surface area (Å²) in [5, 5.41) is 10.1. The van der Waals surface area contributed by atoms with E-state index in [-0.39, 0.29) is 36.9 Å². The van der Waals surface area contributed by atoms with Gasteiger partial charge in [-0.2, -0.15) is 0 Å². The van der Waals surface area contributed by atoms with Gasteiger partial charge in [0.2, 0.25) is 18.6 Å². The second-order valence-electron chi connectivity index (χ2n) is 8.36. The Balaban J connectivity index is 1.17. The average molecular weight is 548 g/mol. The van der Waals surface area contributed by atoms with Gasteiger partial charge >= 0.3 is 0 Å². The number of benzene rings is 3. The van der Waals surface area contributed by atoms with Gasteiger partial charge in [0.05, 0.1) is 18.8 Å². The van der Waals surface area contributed by atoms with E-state index >= 15 is 0 Å². The molecule has 0 fully saturated rings. The first-order chi connectivity index (χ1) is 18.9. The normalized spacial score (nSPS) is 11.6. The van der Waals surface area contributed by atoms with Gasteiger partial charge in [0.1, 0.15) is 5.82 Å². The Morgan fingerprint density at radius 1 is 0.923 bits per heavy atom. The monoisotopic (exact) mass is 547 g/mol. The number of rotatable bonds is 8. The van der Waals surface area contributed by atoms with Crippen molar-refractivity contribution in [3.63, 3.8) is 0 Å². The van der Waals surface area contributed by atoms with E-state index in [9.17, 15) is 18.8 Å². The van der Waals surface area contributed by atoms with E-state index in [1.54, 1.807) is 47.8 Å². The van der Waals surface area contributed by atoms with Crippen molar-refractivity contribution in [2.45, 2.75) is 0 Å². The van der Waals surface area contributed by atoms with Gasteiger partial charge in [-0.25, -0.2) is 9.37 Å². The number of ether oxygens (including phenoxy) is 2. The third-order valence-corrected chi connectivity index (χ3v) is 6.48. The Hall–Kier alpha value is -4.81. The molecule has 0 bridgehead atoms. The van der Waals surface area contributed by atoms with Crippen molar-refractivity contribution in [2.24, 2.45) is 5.73 Å². The van der Waals surface area contributed by atoms with Gasteiger partial charge in [0, 0.05) is 27.8 Å². The van der Waals surface area contributed by atoms with Crippen molar-refractivity contribution in [3.8, 4) is 33.9 Å². The molecule has 0 unspecified atom stereocenters. The van der Waals surface area contributed by atoms with E-state index in [1.165, 1.54) is 29.5 Å². The number of carbonyl (C=O) groups excluding carboxylic acids is 3. The zero-order valence-corrected chi connectivity index (χ0v) is 21.1. The highest BCUT2D eigenvalue weighted by Gasteiger charge is 2.17. The third kappa shape index (κ3) is 6.03. The van der Waals surface area contributed by atoms with Crippen molar-refractivity contribution < 1.29 is 28.2 Å². The van der Waals surface area contributed by atoms with Gasteiger partial charge in [0.15, 0.2) is 16.6 Å². The Bertz CT molecular complexity index is 1560. The molecule has 10 nitrogen and oxygen atoms in total. The van der Waals surface area contributed by atoms with Gasteiger partial charge in [-0.3, -0.25) is 14.4 Å². The maximum atomic E-state index is 14.5. The second kappa shape index (κ2) is 11.3. The summed E-state index contributed by atoms with van der Waals surface area (Å²) in [6.07, 6.45) is 0. The minimum Gasteiger partial charge on any atom is -0.454 e. The van der Waals surface area contributed by atoms with Crippen molar-refractivity contribution in [3.05, 3.63) is 77.4 Å². The summed E-state index contributed by atoms with van der Waals surface area (Å²) in [5.74, 6) is -0.720. The van der Waals surface area contributed by atoms with Crippen LogP contribution in [0, 0.1) is 5.82 Å². The van der Waals surface area contributed by atoms with Crippen LogP contribution in [0.4, 0.5) is 15.2 Å². The quantitative estimate of drug-likeness (QED) is 0.264. The van der Waals surface area contributed by atoms with Crippen molar-refractivity contribution in [2.75, 3.05) is 30.5 Å².